The fraction of sp³-hybridized carbons (Fsp3) is 0.889. The number of rotatable bonds is 7. The number of piperidine rings is 1. The monoisotopic (exact) mass is 463 g/mol. The van der Waals surface area contributed by atoms with Crippen molar-refractivity contribution in [2.24, 2.45) is 22.7 Å². The Bertz CT molecular complexity index is 444. The number of carbonyl (C=O) groups is 1. The number of hydrogen-bond donors (Lipinski definition) is 3. The van der Waals surface area contributed by atoms with Crippen molar-refractivity contribution in [3.63, 3.8) is 0 Å². The van der Waals surface area contributed by atoms with Crippen LogP contribution in [0.15, 0.2) is 4.99 Å². The van der Waals surface area contributed by atoms with E-state index in [4.69, 9.17) is 0 Å². The minimum atomic E-state index is 0. The molecule has 3 aliphatic rings. The summed E-state index contributed by atoms with van der Waals surface area (Å²) in [5.41, 5.74) is 0. The number of nitrogens with zero attached hydrogens (tertiary/aromatic N) is 2. The zero-order valence-electron chi connectivity index (χ0n) is 15.6. The maximum Gasteiger partial charge on any atom is 0.233 e. The summed E-state index contributed by atoms with van der Waals surface area (Å²) in [6, 6.07) is 0.456. The fourth-order valence-electron chi connectivity index (χ4n) is 3.89. The van der Waals surface area contributed by atoms with Crippen LogP contribution < -0.4 is 16.0 Å². The third-order valence-electron chi connectivity index (χ3n) is 5.76. The molecule has 2 aliphatic carbocycles. The molecule has 0 aromatic heterocycles. The van der Waals surface area contributed by atoms with Crippen molar-refractivity contribution in [1.29, 1.82) is 0 Å². The number of likely N-dealkylation sites (tertiary alicyclic amines) is 1. The molecule has 3 rings (SSSR count). The van der Waals surface area contributed by atoms with Crippen LogP contribution in [0.3, 0.4) is 0 Å². The third-order valence-corrected chi connectivity index (χ3v) is 5.76. The molecule has 0 unspecified atom stereocenters. The van der Waals surface area contributed by atoms with Gasteiger partial charge in [0.25, 0.3) is 0 Å². The normalized spacial score (nSPS) is 22.4. The number of guanidine groups is 1. The zero-order valence-corrected chi connectivity index (χ0v) is 17.9. The lowest BCUT2D eigenvalue weighted by Crippen LogP contribution is -2.50. The highest BCUT2D eigenvalue weighted by Gasteiger charge is 2.41. The number of aliphatic imine (C=N–C) groups is 1. The van der Waals surface area contributed by atoms with E-state index in [0.29, 0.717) is 12.6 Å². The van der Waals surface area contributed by atoms with Gasteiger partial charge in [-0.1, -0.05) is 0 Å². The molecule has 0 spiro atoms. The molecule has 1 amide bonds. The molecule has 2 saturated carbocycles. The van der Waals surface area contributed by atoms with Crippen molar-refractivity contribution < 1.29 is 4.79 Å². The second-order valence-electron chi connectivity index (χ2n) is 7.66. The fourth-order valence-corrected chi connectivity index (χ4v) is 3.89. The predicted molar refractivity (Wildman–Crippen MR) is 112 cm³/mol. The van der Waals surface area contributed by atoms with Gasteiger partial charge in [-0.2, -0.15) is 0 Å². The number of likely N-dealkylation sites (N-methyl/N-ethyl adjacent to an activating group) is 1. The molecule has 7 heteroatoms. The average molecular weight is 463 g/mol. The van der Waals surface area contributed by atoms with Crippen LogP contribution in [0.2, 0.25) is 0 Å². The summed E-state index contributed by atoms with van der Waals surface area (Å²) < 4.78 is 0. The molecule has 0 radical (unpaired) electrons. The molecule has 0 atom stereocenters. The number of nitrogens with one attached hydrogen (secondary N) is 3. The summed E-state index contributed by atoms with van der Waals surface area (Å²) in [6.45, 7) is 3.52. The Morgan fingerprint density at radius 2 is 1.72 bits per heavy atom. The van der Waals surface area contributed by atoms with E-state index in [0.717, 1.165) is 56.2 Å². The highest BCUT2D eigenvalue weighted by Crippen LogP contribution is 2.48. The molecular weight excluding hydrogens is 429 g/mol. The van der Waals surface area contributed by atoms with Gasteiger partial charge in [-0.3, -0.25) is 14.7 Å². The summed E-state index contributed by atoms with van der Waals surface area (Å²) in [5, 5.41) is 9.85. The summed E-state index contributed by atoms with van der Waals surface area (Å²) in [6.07, 6.45) is 7.84. The Hall–Kier alpha value is -0.570. The Morgan fingerprint density at radius 1 is 1.12 bits per heavy atom. The highest BCUT2D eigenvalue weighted by molar-refractivity contribution is 14.0. The molecular formula is C18H34IN5O. The van der Waals surface area contributed by atoms with Crippen molar-refractivity contribution in [1.82, 2.24) is 20.9 Å². The first-order valence-corrected chi connectivity index (χ1v) is 9.59. The second-order valence-corrected chi connectivity index (χ2v) is 7.66. The average Bonchev–Trinajstić information content (AvgIpc) is 3.48. The molecule has 1 saturated heterocycles. The van der Waals surface area contributed by atoms with Crippen LogP contribution in [0.5, 0.6) is 0 Å². The van der Waals surface area contributed by atoms with Crippen molar-refractivity contribution >= 4 is 35.8 Å². The molecule has 6 nitrogen and oxygen atoms in total. The Kier molecular flexibility index (Phi) is 8.25. The summed E-state index contributed by atoms with van der Waals surface area (Å²) in [7, 11) is 3.56. The molecule has 3 N–H and O–H groups in total. The Balaban J connectivity index is 0.00000225. The molecule has 3 fully saturated rings. The summed E-state index contributed by atoms with van der Waals surface area (Å²) in [5.74, 6) is 3.85. The van der Waals surface area contributed by atoms with Crippen molar-refractivity contribution in [3.8, 4) is 0 Å². The van der Waals surface area contributed by atoms with E-state index in [1.165, 1.54) is 25.7 Å². The van der Waals surface area contributed by atoms with Gasteiger partial charge in [0.05, 0.1) is 6.54 Å². The quantitative estimate of drug-likeness (QED) is 0.304. The van der Waals surface area contributed by atoms with Gasteiger partial charge in [0.1, 0.15) is 0 Å². The first kappa shape index (κ1) is 20.7. The number of carbonyl (C=O) groups excluding carboxylic acids is 1. The van der Waals surface area contributed by atoms with E-state index in [1.807, 2.05) is 7.05 Å². The molecule has 144 valence electrons. The smallest absolute Gasteiger partial charge is 0.233 e. The largest absolute Gasteiger partial charge is 0.358 e. The Labute approximate surface area is 169 Å². The summed E-state index contributed by atoms with van der Waals surface area (Å²) in [4.78, 5) is 18.1. The van der Waals surface area contributed by atoms with E-state index in [-0.39, 0.29) is 29.9 Å². The molecule has 0 aromatic carbocycles. The van der Waals surface area contributed by atoms with Crippen LogP contribution in [-0.4, -0.2) is 63.1 Å². The van der Waals surface area contributed by atoms with Crippen molar-refractivity contribution in [2.75, 3.05) is 40.3 Å². The maximum atomic E-state index is 11.5. The van der Waals surface area contributed by atoms with Crippen LogP contribution >= 0.6 is 24.0 Å². The highest BCUT2D eigenvalue weighted by atomic mass is 127. The van der Waals surface area contributed by atoms with E-state index in [1.54, 1.807) is 7.05 Å². The van der Waals surface area contributed by atoms with E-state index >= 15 is 0 Å². The lowest BCUT2D eigenvalue weighted by Gasteiger charge is -2.32. The minimum Gasteiger partial charge on any atom is -0.358 e. The number of amides is 1. The number of hydrogen-bond acceptors (Lipinski definition) is 3. The van der Waals surface area contributed by atoms with Crippen LogP contribution in [0, 0.1) is 17.8 Å². The lowest BCUT2D eigenvalue weighted by molar-refractivity contribution is -0.122. The van der Waals surface area contributed by atoms with Gasteiger partial charge in [-0.05, 0) is 56.3 Å². The van der Waals surface area contributed by atoms with Crippen LogP contribution in [0.4, 0.5) is 0 Å². The van der Waals surface area contributed by atoms with Crippen molar-refractivity contribution in [2.45, 2.75) is 44.6 Å². The first-order chi connectivity index (χ1) is 11.7. The SMILES string of the molecule is CN=C(NCC(C1CC1)C1CC1)NC1CCN(CC(=O)NC)CC1.I. The van der Waals surface area contributed by atoms with E-state index < -0.39 is 0 Å². The van der Waals surface area contributed by atoms with E-state index in [2.05, 4.69) is 25.8 Å². The van der Waals surface area contributed by atoms with Gasteiger partial charge in [0.15, 0.2) is 5.96 Å². The van der Waals surface area contributed by atoms with Gasteiger partial charge in [-0.25, -0.2) is 0 Å². The molecule has 1 aliphatic heterocycles. The third kappa shape index (κ3) is 6.58. The minimum absolute atomic E-state index is 0. The van der Waals surface area contributed by atoms with Gasteiger partial charge in [0, 0.05) is 39.8 Å². The van der Waals surface area contributed by atoms with Crippen LogP contribution in [0.1, 0.15) is 38.5 Å². The molecule has 0 bridgehead atoms. The van der Waals surface area contributed by atoms with Gasteiger partial charge >= 0.3 is 0 Å². The summed E-state index contributed by atoms with van der Waals surface area (Å²) >= 11 is 0. The number of halogens is 1. The van der Waals surface area contributed by atoms with Gasteiger partial charge in [-0.15, -0.1) is 24.0 Å². The van der Waals surface area contributed by atoms with Gasteiger partial charge in [0.2, 0.25) is 5.91 Å². The van der Waals surface area contributed by atoms with Crippen LogP contribution in [-0.2, 0) is 4.79 Å². The lowest BCUT2D eigenvalue weighted by atomic mass is 9.98. The second kappa shape index (κ2) is 9.94. The predicted octanol–water partition coefficient (Wildman–Crippen LogP) is 1.42. The van der Waals surface area contributed by atoms with Gasteiger partial charge < -0.3 is 16.0 Å². The topological polar surface area (TPSA) is 68.8 Å². The van der Waals surface area contributed by atoms with Crippen LogP contribution in [0.25, 0.3) is 0 Å². The standard InChI is InChI=1S/C18H33N5O.HI/c1-19-17(24)12-23-9-7-15(8-10-23)22-18(20-2)21-11-16(13-3-4-13)14-5-6-14;/h13-16H,3-12H2,1-2H3,(H,19,24)(H2,20,21,22);1H. The molecule has 25 heavy (non-hydrogen) atoms. The zero-order chi connectivity index (χ0) is 16.9. The van der Waals surface area contributed by atoms with E-state index in [9.17, 15) is 4.79 Å². The molecule has 1 heterocycles. The van der Waals surface area contributed by atoms with Crippen molar-refractivity contribution in [3.05, 3.63) is 0 Å². The Morgan fingerprint density at radius 3 is 2.20 bits per heavy atom. The first-order valence-electron chi connectivity index (χ1n) is 9.59. The maximum absolute atomic E-state index is 11.5. The molecule has 0 aromatic rings.